The van der Waals surface area contributed by atoms with Crippen molar-refractivity contribution >= 4 is 18.4 Å². The summed E-state index contributed by atoms with van der Waals surface area (Å²) in [4.78, 5) is 14.8. The minimum Gasteiger partial charge on any atom is -0.435 e. The van der Waals surface area contributed by atoms with Gasteiger partial charge in [-0.3, -0.25) is 0 Å². The summed E-state index contributed by atoms with van der Waals surface area (Å²) in [6.45, 7) is 4.18. The Morgan fingerprint density at radius 1 is 1.43 bits per heavy atom. The first kappa shape index (κ1) is 15.4. The molecule has 114 valence electrons. The summed E-state index contributed by atoms with van der Waals surface area (Å²) in [7, 11) is 0. The first-order chi connectivity index (χ1) is 9.92. The third-order valence-corrected chi connectivity index (χ3v) is 3.41. The number of carbonyl (C=O) groups is 1. The minimum absolute atomic E-state index is 0.0452. The third-order valence-electron chi connectivity index (χ3n) is 3.41. The van der Waals surface area contributed by atoms with Crippen molar-refractivity contribution in [3.8, 4) is 5.75 Å². The van der Waals surface area contributed by atoms with Crippen molar-refractivity contribution in [3.05, 3.63) is 23.3 Å². The summed E-state index contributed by atoms with van der Waals surface area (Å²) in [5, 5.41) is 2.70. The van der Waals surface area contributed by atoms with Gasteiger partial charge in [0.2, 0.25) is 0 Å². The second kappa shape index (κ2) is 6.20. The van der Waals surface area contributed by atoms with Crippen LogP contribution >= 0.6 is 0 Å². The van der Waals surface area contributed by atoms with E-state index in [-0.39, 0.29) is 17.6 Å². The van der Waals surface area contributed by atoms with Crippen LogP contribution in [0.25, 0.3) is 0 Å². The lowest BCUT2D eigenvalue weighted by Crippen LogP contribution is -2.12. The van der Waals surface area contributed by atoms with Crippen LogP contribution in [0.2, 0.25) is 0 Å². The van der Waals surface area contributed by atoms with E-state index < -0.39 is 12.6 Å². The van der Waals surface area contributed by atoms with Crippen molar-refractivity contribution < 1.29 is 18.3 Å². The lowest BCUT2D eigenvalue weighted by atomic mass is 9.95. The summed E-state index contributed by atoms with van der Waals surface area (Å²) in [5.74, 6) is 0.438. The van der Waals surface area contributed by atoms with Crippen LogP contribution in [-0.4, -0.2) is 19.4 Å². The number of alkyl halides is 2. The molecule has 0 spiro atoms. The molecule has 2 amide bonds. The van der Waals surface area contributed by atoms with E-state index in [1.165, 1.54) is 0 Å². The molecule has 1 fully saturated rings. The van der Waals surface area contributed by atoms with E-state index in [0.717, 1.165) is 24.0 Å². The first-order valence-electron chi connectivity index (χ1n) is 6.82. The fraction of sp³-hybridized carbons (Fsp3) is 0.467. The molecule has 0 aliphatic heterocycles. The average Bonchev–Trinajstić information content (AvgIpc) is 3.23. The van der Waals surface area contributed by atoms with Crippen molar-refractivity contribution in [2.75, 3.05) is 5.32 Å². The second-order valence-corrected chi connectivity index (χ2v) is 5.37. The number of rotatable bonds is 5. The lowest BCUT2D eigenvalue weighted by molar-refractivity contribution is -0.0499. The van der Waals surface area contributed by atoms with Gasteiger partial charge in [0.1, 0.15) is 5.75 Å². The van der Waals surface area contributed by atoms with Gasteiger partial charge in [-0.15, -0.1) is 0 Å². The topological polar surface area (TPSA) is 50.7 Å². The van der Waals surface area contributed by atoms with E-state index in [0.29, 0.717) is 5.69 Å². The Hall–Kier alpha value is -1.98. The number of urea groups is 1. The molecule has 6 heteroatoms. The van der Waals surface area contributed by atoms with Crippen LogP contribution in [-0.2, 0) is 0 Å². The number of benzene rings is 1. The Labute approximate surface area is 122 Å². The number of carbonyl (C=O) groups excluding carboxylic acids is 1. The van der Waals surface area contributed by atoms with E-state index in [4.69, 9.17) is 0 Å². The molecule has 1 aromatic carbocycles. The minimum atomic E-state index is -2.87. The summed E-state index contributed by atoms with van der Waals surface area (Å²) in [6, 6.07) is 2.57. The van der Waals surface area contributed by atoms with Crippen LogP contribution in [0, 0.1) is 0 Å². The van der Waals surface area contributed by atoms with Gasteiger partial charge in [-0.2, -0.15) is 8.78 Å². The van der Waals surface area contributed by atoms with Gasteiger partial charge in [0.25, 0.3) is 0 Å². The Morgan fingerprint density at radius 2 is 2.10 bits per heavy atom. The lowest BCUT2D eigenvalue weighted by Gasteiger charge is -2.19. The number of halogens is 2. The third kappa shape index (κ3) is 3.77. The van der Waals surface area contributed by atoms with Gasteiger partial charge in [-0.25, -0.2) is 9.79 Å². The van der Waals surface area contributed by atoms with Gasteiger partial charge in [0.15, 0.2) is 0 Å². The first-order valence-corrected chi connectivity index (χ1v) is 6.82. The monoisotopic (exact) mass is 296 g/mol. The zero-order valence-electron chi connectivity index (χ0n) is 12.0. The van der Waals surface area contributed by atoms with Crippen LogP contribution in [0.3, 0.4) is 0 Å². The number of nitrogens with one attached hydrogen (secondary N) is 1. The highest BCUT2D eigenvalue weighted by molar-refractivity contribution is 5.94. The molecule has 0 saturated heterocycles. The molecule has 21 heavy (non-hydrogen) atoms. The van der Waals surface area contributed by atoms with Crippen LogP contribution in [0.1, 0.15) is 49.7 Å². The normalized spacial score (nSPS) is 14.4. The quantitative estimate of drug-likeness (QED) is 0.812. The molecule has 0 radical (unpaired) electrons. The highest BCUT2D eigenvalue weighted by Gasteiger charge is 2.29. The molecule has 0 unspecified atom stereocenters. The van der Waals surface area contributed by atoms with E-state index >= 15 is 0 Å². The van der Waals surface area contributed by atoms with Crippen LogP contribution in [0.15, 0.2) is 17.1 Å². The van der Waals surface area contributed by atoms with Gasteiger partial charge in [0.05, 0.1) is 0 Å². The molecule has 0 aromatic heterocycles. The molecule has 1 aliphatic rings. The molecule has 1 N–H and O–H groups in total. The van der Waals surface area contributed by atoms with E-state index in [2.05, 4.69) is 21.8 Å². The van der Waals surface area contributed by atoms with Crippen LogP contribution in [0.4, 0.5) is 19.3 Å². The molecule has 2 rings (SSSR count). The van der Waals surface area contributed by atoms with Gasteiger partial charge in [0, 0.05) is 5.69 Å². The van der Waals surface area contributed by atoms with Crippen LogP contribution in [0.5, 0.6) is 5.75 Å². The number of hydrogen-bond acceptors (Lipinski definition) is 2. The predicted octanol–water partition coefficient (Wildman–Crippen LogP) is 4.52. The maximum absolute atomic E-state index is 12.5. The molecule has 1 aromatic rings. The zero-order chi connectivity index (χ0) is 15.6. The van der Waals surface area contributed by atoms with Crippen molar-refractivity contribution in [3.63, 3.8) is 0 Å². The Kier molecular flexibility index (Phi) is 4.55. The largest absolute Gasteiger partial charge is 0.435 e. The molecule has 0 atom stereocenters. The summed E-state index contributed by atoms with van der Waals surface area (Å²) in [5.41, 5.74) is 2.23. The van der Waals surface area contributed by atoms with E-state index in [1.807, 2.05) is 13.8 Å². The highest BCUT2D eigenvalue weighted by Crippen LogP contribution is 2.47. The van der Waals surface area contributed by atoms with Gasteiger partial charge in [-0.1, -0.05) is 13.8 Å². The van der Waals surface area contributed by atoms with Gasteiger partial charge in [-0.05, 0) is 54.7 Å². The molecular weight excluding hydrogens is 278 g/mol. The van der Waals surface area contributed by atoms with Crippen molar-refractivity contribution in [1.82, 2.24) is 0 Å². The fourth-order valence-electron chi connectivity index (χ4n) is 2.29. The molecule has 0 bridgehead atoms. The Bertz CT molecular complexity index is 532. The van der Waals surface area contributed by atoms with Gasteiger partial charge >= 0.3 is 12.6 Å². The smallest absolute Gasteiger partial charge is 0.387 e. The number of aliphatic imine (C=N–C) groups is 1. The number of nitrogens with zero attached hydrogens (tertiary/aromatic N) is 1. The number of anilines is 1. The second-order valence-electron chi connectivity index (χ2n) is 5.37. The van der Waals surface area contributed by atoms with Crippen molar-refractivity contribution in [2.45, 2.75) is 45.1 Å². The Balaban J connectivity index is 2.48. The molecule has 0 heterocycles. The van der Waals surface area contributed by atoms with Gasteiger partial charge < -0.3 is 10.1 Å². The summed E-state index contributed by atoms with van der Waals surface area (Å²) < 4.78 is 29.4. The van der Waals surface area contributed by atoms with Crippen molar-refractivity contribution in [2.24, 2.45) is 4.99 Å². The number of hydrogen-bond donors (Lipinski definition) is 1. The average molecular weight is 296 g/mol. The van der Waals surface area contributed by atoms with Crippen LogP contribution < -0.4 is 10.1 Å². The SMILES string of the molecule is C=NC(=O)Nc1c(C(C)C)cc(OC(F)F)cc1C1CC1. The molecule has 4 nitrogen and oxygen atoms in total. The molecular formula is C15H18F2N2O2. The number of amides is 2. The number of ether oxygens (including phenoxy) is 1. The summed E-state index contributed by atoms with van der Waals surface area (Å²) in [6.07, 6.45) is 1.94. The summed E-state index contributed by atoms with van der Waals surface area (Å²) >= 11 is 0. The standard InChI is InChI=1S/C15H18F2N2O2/c1-8(2)11-6-10(21-14(16)17)7-12(9-4-5-9)13(11)19-15(20)18-3/h6-9,14H,3-5H2,1-2H3,(H,19,20). The predicted molar refractivity (Wildman–Crippen MR) is 77.7 cm³/mol. The Morgan fingerprint density at radius 3 is 2.57 bits per heavy atom. The van der Waals surface area contributed by atoms with Crippen molar-refractivity contribution in [1.29, 1.82) is 0 Å². The molecule has 1 aliphatic carbocycles. The highest BCUT2D eigenvalue weighted by atomic mass is 19.3. The van der Waals surface area contributed by atoms with E-state index in [1.54, 1.807) is 12.1 Å². The molecule has 1 saturated carbocycles. The fourth-order valence-corrected chi connectivity index (χ4v) is 2.29. The maximum Gasteiger partial charge on any atom is 0.387 e. The van der Waals surface area contributed by atoms with E-state index in [9.17, 15) is 13.6 Å². The zero-order valence-corrected chi connectivity index (χ0v) is 12.0. The maximum atomic E-state index is 12.5.